The highest BCUT2D eigenvalue weighted by molar-refractivity contribution is 7.45. The first-order valence-electron chi connectivity index (χ1n) is 42.8. The molecule has 0 spiro atoms. The van der Waals surface area contributed by atoms with E-state index in [4.69, 9.17) is 114 Å². The molecule has 16 atom stereocenters. The van der Waals surface area contributed by atoms with Crippen LogP contribution in [0, 0.1) is 5.41 Å². The molecule has 16 unspecified atom stereocenters. The molecule has 3 fully saturated rings. The summed E-state index contributed by atoms with van der Waals surface area (Å²) in [6.07, 6.45) is -15.1. The van der Waals surface area contributed by atoms with Crippen LogP contribution in [0.1, 0.15) is 147 Å². The van der Waals surface area contributed by atoms with E-state index in [1.807, 2.05) is 32.4 Å². The third-order valence-corrected chi connectivity index (χ3v) is 20.5. The minimum Gasteiger partial charge on any atom is -0.463 e. The topological polar surface area (TPSA) is 597 Å². The fourth-order valence-electron chi connectivity index (χ4n) is 13.2. The van der Waals surface area contributed by atoms with E-state index in [1.54, 1.807) is 12.1 Å². The van der Waals surface area contributed by atoms with Crippen LogP contribution in [-0.4, -0.2) is 361 Å². The molecule has 1 aromatic carbocycles. The number of esters is 9. The summed E-state index contributed by atoms with van der Waals surface area (Å²) in [6.45, 7) is 17.0. The number of nitrogens with one attached hydrogen (secondary N) is 8. The lowest BCUT2D eigenvalue weighted by atomic mass is 9.96. The Hall–Kier alpha value is -9.92. The second-order valence-corrected chi connectivity index (χ2v) is 31.9. The molecule has 0 saturated carbocycles. The van der Waals surface area contributed by atoms with Crippen molar-refractivity contribution >= 4 is 110 Å². The Morgan fingerprint density at radius 3 is 0.970 bits per heavy atom. The summed E-state index contributed by atoms with van der Waals surface area (Å²) in [4.78, 5) is 202. The van der Waals surface area contributed by atoms with Crippen LogP contribution in [0.5, 0.6) is 5.75 Å². The van der Waals surface area contributed by atoms with Gasteiger partial charge in [-0.1, -0.05) is 0 Å². The zero-order chi connectivity index (χ0) is 98.0. The summed E-state index contributed by atoms with van der Waals surface area (Å²) in [5.74, 6) is -10.5. The molecule has 1 aromatic rings. The van der Waals surface area contributed by atoms with Crippen molar-refractivity contribution in [2.24, 2.45) is 0 Å². The molecule has 0 aromatic heterocycles. The average Bonchev–Trinajstić information content (AvgIpc) is 0.793. The fraction of sp³-hybridized carbons (Fsp3) is 0.723. The molecular weight excluding hydrogens is 1780 g/mol. The molecule has 132 heavy (non-hydrogen) atoms. The van der Waals surface area contributed by atoms with Crippen molar-refractivity contribution in [3.63, 3.8) is 0 Å². The quantitative estimate of drug-likeness (QED) is 0.0135. The van der Waals surface area contributed by atoms with Gasteiger partial charge in [-0.2, -0.15) is 0 Å². The third-order valence-electron chi connectivity index (χ3n) is 18.4. The first-order chi connectivity index (χ1) is 62.6. The van der Waals surface area contributed by atoms with Gasteiger partial charge in [0.15, 0.2) is 55.5 Å². The molecule has 48 nitrogen and oxygen atoms in total. The largest absolute Gasteiger partial charge is 0.463 e. The lowest BCUT2D eigenvalue weighted by Crippen LogP contribution is -2.66. The summed E-state index contributed by atoms with van der Waals surface area (Å²) in [6, 6.07) is 2.39. The van der Waals surface area contributed by atoms with Crippen molar-refractivity contribution in [2.75, 3.05) is 145 Å². The van der Waals surface area contributed by atoms with E-state index >= 15 is 0 Å². The molecule has 3 heterocycles. The van der Waals surface area contributed by atoms with Crippen LogP contribution in [0.2, 0.25) is 0 Å². The fourth-order valence-corrected chi connectivity index (χ4v) is 14.8. The van der Waals surface area contributed by atoms with Gasteiger partial charge in [-0.25, -0.2) is 4.67 Å². The molecule has 3 aliphatic rings. The zero-order valence-corrected chi connectivity index (χ0v) is 78.3. The number of rotatable bonds is 62. The summed E-state index contributed by atoms with van der Waals surface area (Å²) in [5.41, 5.74) is -1.57. The maximum absolute atomic E-state index is 14.7. The number of ether oxygens (including phenoxy) is 21. The standard InChI is InChI=1S/C83H130N9O39P/c1-48(2)92(49(3)4)132(121-29-17-25-84)131-63-20-18-62(19-21-63)79(108)91-83(45-112-30-22-67(105)85-26-33-109-36-39-115-80-70(88-50(5)93)76(125-59(14)102)73(122-56(11)99)64(128-80)42-118-53(8)96,46-113-31-23-68(106)86-27-34-110-37-40-116-81-71(89-51(6)94)77(126-60(15)103)74(123-57(12)100)65(129-81)43-119-54(9)97)47-114-32-24-69(107)87-28-35-111-38-41-117-82-72(90-52(7)95)78(127-61(16)104)75(124-58(13)101)66(130-82)44-120-55(10)98/h18-21,25,48-49,64-66,70-78,80-82,84H,17,22-24,26-47H2,1-16H3,(H,85,105)(H,86,106)(H,87,107)(H,88,93)(H,89,94)(H,90,95)(H,91,108). The lowest BCUT2D eigenvalue weighted by Gasteiger charge is -2.44. The van der Waals surface area contributed by atoms with E-state index in [9.17, 15) is 76.7 Å². The molecule has 8 N–H and O–H groups in total. The molecule has 746 valence electrons. The van der Waals surface area contributed by atoms with Crippen molar-refractivity contribution in [1.82, 2.24) is 41.9 Å². The lowest BCUT2D eigenvalue weighted by molar-refractivity contribution is -0.279. The van der Waals surface area contributed by atoms with Crippen LogP contribution in [-0.2, 0) is 176 Å². The molecule has 0 aliphatic carbocycles. The molecule has 3 saturated heterocycles. The highest BCUT2D eigenvalue weighted by atomic mass is 31.2. The average molecular weight is 1910 g/mol. The van der Waals surface area contributed by atoms with Crippen molar-refractivity contribution in [3.8, 4) is 5.75 Å². The maximum Gasteiger partial charge on any atom is 0.321 e. The molecule has 3 aliphatic heterocycles. The van der Waals surface area contributed by atoms with Gasteiger partial charge in [0.25, 0.3) is 5.91 Å². The predicted octanol–water partition coefficient (Wildman–Crippen LogP) is -0.427. The van der Waals surface area contributed by atoms with Crippen LogP contribution in [0.4, 0.5) is 0 Å². The van der Waals surface area contributed by atoms with Gasteiger partial charge >= 0.3 is 62.2 Å². The number of carbonyl (C=O) groups excluding carboxylic acids is 16. The Labute approximate surface area is 766 Å². The van der Waals surface area contributed by atoms with Gasteiger partial charge in [0, 0.05) is 146 Å². The molecule has 49 heteroatoms. The summed E-state index contributed by atoms with van der Waals surface area (Å²) >= 11 is 0. The van der Waals surface area contributed by atoms with Gasteiger partial charge in [0.2, 0.25) is 35.4 Å². The van der Waals surface area contributed by atoms with E-state index in [-0.39, 0.29) is 142 Å². The van der Waals surface area contributed by atoms with Crippen LogP contribution in [0.15, 0.2) is 24.3 Å². The van der Waals surface area contributed by atoms with Crippen LogP contribution in [0.25, 0.3) is 0 Å². The van der Waals surface area contributed by atoms with Gasteiger partial charge in [-0.15, -0.1) is 0 Å². The third kappa shape index (κ3) is 44.7. The molecular formula is C83H130N9O39P. The van der Waals surface area contributed by atoms with Crippen molar-refractivity contribution in [2.45, 2.75) is 246 Å². The molecule has 4 rings (SSSR count). The zero-order valence-electron chi connectivity index (χ0n) is 77.4. The van der Waals surface area contributed by atoms with Gasteiger partial charge in [-0.3, -0.25) is 76.7 Å². The van der Waals surface area contributed by atoms with Crippen LogP contribution < -0.4 is 41.7 Å². The number of hydrogen-bond donors (Lipinski definition) is 8. The Kier molecular flexibility index (Phi) is 53.6. The van der Waals surface area contributed by atoms with Crippen LogP contribution >= 0.6 is 8.53 Å². The smallest absolute Gasteiger partial charge is 0.321 e. The number of amides is 7. The van der Waals surface area contributed by atoms with E-state index < -0.39 is 241 Å². The Morgan fingerprint density at radius 2 is 0.697 bits per heavy atom. The Balaban J connectivity index is 1.54. The number of benzene rings is 1. The van der Waals surface area contributed by atoms with Crippen LogP contribution in [0.3, 0.4) is 0 Å². The second kappa shape index (κ2) is 61.8. The monoisotopic (exact) mass is 1910 g/mol. The van der Waals surface area contributed by atoms with Gasteiger partial charge < -0.3 is 151 Å². The highest BCUT2D eigenvalue weighted by Crippen LogP contribution is 2.46. The molecule has 0 bridgehead atoms. The maximum atomic E-state index is 14.7. The number of hydrogen-bond acceptors (Lipinski definition) is 41. The van der Waals surface area contributed by atoms with Crippen molar-refractivity contribution in [3.05, 3.63) is 29.8 Å². The Bertz CT molecular complexity index is 3540. The van der Waals surface area contributed by atoms with E-state index in [1.165, 1.54) is 39.1 Å². The first kappa shape index (κ1) is 114. The minimum absolute atomic E-state index is 0.0198. The van der Waals surface area contributed by atoms with Crippen molar-refractivity contribution < 1.29 is 185 Å². The second-order valence-electron chi connectivity index (χ2n) is 30.5. The van der Waals surface area contributed by atoms with Gasteiger partial charge in [-0.05, 0) is 58.2 Å². The summed E-state index contributed by atoms with van der Waals surface area (Å²) in [7, 11) is -1.72. The minimum atomic E-state index is -1.72. The Morgan fingerprint density at radius 1 is 0.394 bits per heavy atom. The number of nitrogens with zero attached hydrogens (tertiary/aromatic N) is 1. The SMILES string of the molecule is CC(=O)NC1C(OCCOCCNC(=O)CCOCC(COCCC(=O)NCCOCCOC2OC(COC(C)=O)C(OC(C)=O)C(OC(C)=O)C2NC(C)=O)(COCCC(=O)NCCOCCOC2OC(COC(C)=O)C(OC(C)=O)C(OC(C)=O)C2NC(C)=O)NC(=O)c2ccc(OP(OCCC=N)N(C(C)C)C(C)C)cc2)OC(COC(C)=O)C(OC(C)=O)C1OC(C)=O. The highest BCUT2D eigenvalue weighted by Gasteiger charge is 2.55. The van der Waals surface area contributed by atoms with E-state index in [0.717, 1.165) is 62.3 Å². The summed E-state index contributed by atoms with van der Waals surface area (Å²) in [5, 5.41) is 26.5. The van der Waals surface area contributed by atoms with Crippen molar-refractivity contribution in [1.29, 1.82) is 5.41 Å². The van der Waals surface area contributed by atoms with E-state index in [0.29, 0.717) is 12.2 Å². The van der Waals surface area contributed by atoms with Gasteiger partial charge in [0.05, 0.1) is 106 Å². The molecule has 7 amide bonds. The summed E-state index contributed by atoms with van der Waals surface area (Å²) < 4.78 is 135. The predicted molar refractivity (Wildman–Crippen MR) is 453 cm³/mol. The molecule has 0 radical (unpaired) electrons. The number of carbonyl (C=O) groups is 16. The van der Waals surface area contributed by atoms with Gasteiger partial charge in [0.1, 0.15) is 67.5 Å². The normalized spacial score (nSPS) is 22.2. The van der Waals surface area contributed by atoms with E-state index in [2.05, 4.69) is 37.2 Å². The first-order valence-corrected chi connectivity index (χ1v) is 43.9.